The molecule has 0 heterocycles. The highest BCUT2D eigenvalue weighted by Gasteiger charge is 2.25. The third-order valence-electron chi connectivity index (χ3n) is 2.03. The maximum Gasteiger partial charge on any atom is 0.252 e. The van der Waals surface area contributed by atoms with Gasteiger partial charge in [0, 0.05) is 0 Å². The second-order valence-corrected chi connectivity index (χ2v) is 3.32. The quantitative estimate of drug-likeness (QED) is 0.793. The van der Waals surface area contributed by atoms with Crippen LogP contribution < -0.4 is 10.5 Å². The van der Waals surface area contributed by atoms with Crippen molar-refractivity contribution < 1.29 is 13.9 Å². The first-order valence-corrected chi connectivity index (χ1v) is 4.43. The molecule has 1 aliphatic carbocycles. The molecule has 1 aromatic rings. The molecule has 1 aliphatic rings. The zero-order chi connectivity index (χ0) is 10.1. The Labute approximate surface area is 80.7 Å². The van der Waals surface area contributed by atoms with Crippen LogP contribution in [0.2, 0.25) is 0 Å². The highest BCUT2D eigenvalue weighted by molar-refractivity contribution is 5.95. The summed E-state index contributed by atoms with van der Waals surface area (Å²) in [5, 5.41) is 0. The number of benzene rings is 1. The summed E-state index contributed by atoms with van der Waals surface area (Å²) in [5.41, 5.74) is 5.20. The number of hydrogen-bond donors (Lipinski definition) is 1. The van der Waals surface area contributed by atoms with Crippen molar-refractivity contribution in [2.75, 3.05) is 0 Å². The lowest BCUT2D eigenvalue weighted by Gasteiger charge is -2.07. The maximum absolute atomic E-state index is 12.8. The molecule has 0 radical (unpaired) electrons. The van der Waals surface area contributed by atoms with Gasteiger partial charge in [-0.05, 0) is 31.0 Å². The first-order valence-electron chi connectivity index (χ1n) is 4.43. The van der Waals surface area contributed by atoms with Crippen LogP contribution in [0.5, 0.6) is 5.75 Å². The first kappa shape index (κ1) is 8.99. The molecule has 1 saturated carbocycles. The number of carbonyl (C=O) groups excluding carboxylic acids is 1. The fourth-order valence-corrected chi connectivity index (χ4v) is 1.16. The van der Waals surface area contributed by atoms with Gasteiger partial charge in [0.05, 0.1) is 11.7 Å². The lowest BCUT2D eigenvalue weighted by Crippen LogP contribution is -2.13. The average molecular weight is 195 g/mol. The van der Waals surface area contributed by atoms with Crippen LogP contribution >= 0.6 is 0 Å². The lowest BCUT2D eigenvalue weighted by molar-refractivity contribution is 0.0995. The summed E-state index contributed by atoms with van der Waals surface area (Å²) < 4.78 is 18.2. The summed E-state index contributed by atoms with van der Waals surface area (Å²) in [7, 11) is 0. The minimum Gasteiger partial charge on any atom is -0.490 e. The molecule has 0 aliphatic heterocycles. The van der Waals surface area contributed by atoms with Crippen molar-refractivity contribution >= 4 is 5.91 Å². The number of amides is 1. The monoisotopic (exact) mass is 195 g/mol. The summed E-state index contributed by atoms with van der Waals surface area (Å²) in [6, 6.07) is 3.79. The Hall–Kier alpha value is -1.58. The zero-order valence-corrected chi connectivity index (χ0v) is 7.50. The number of halogens is 1. The maximum atomic E-state index is 12.8. The van der Waals surface area contributed by atoms with Gasteiger partial charge in [0.2, 0.25) is 0 Å². The van der Waals surface area contributed by atoms with Gasteiger partial charge < -0.3 is 10.5 Å². The van der Waals surface area contributed by atoms with E-state index in [4.69, 9.17) is 10.5 Å². The molecule has 0 spiro atoms. The van der Waals surface area contributed by atoms with E-state index in [0.29, 0.717) is 5.75 Å². The molecular formula is C10H10FNO2. The molecule has 1 fully saturated rings. The highest BCUT2D eigenvalue weighted by Crippen LogP contribution is 2.29. The molecule has 2 rings (SSSR count). The second-order valence-electron chi connectivity index (χ2n) is 3.32. The van der Waals surface area contributed by atoms with Crippen molar-refractivity contribution in [1.82, 2.24) is 0 Å². The van der Waals surface area contributed by atoms with Crippen LogP contribution in [0.3, 0.4) is 0 Å². The Bertz CT molecular complexity index is 374. The second kappa shape index (κ2) is 3.29. The smallest absolute Gasteiger partial charge is 0.252 e. The standard InChI is InChI=1S/C10H10FNO2/c11-6-1-4-9(14-7-2-3-7)8(5-6)10(12)13/h1,4-5,7H,2-3H2,(H2,12,13). The van der Waals surface area contributed by atoms with Crippen molar-refractivity contribution in [3.8, 4) is 5.75 Å². The van der Waals surface area contributed by atoms with Gasteiger partial charge in [-0.15, -0.1) is 0 Å². The molecule has 0 saturated heterocycles. The minimum absolute atomic E-state index is 0.108. The van der Waals surface area contributed by atoms with Crippen LogP contribution in [0.25, 0.3) is 0 Å². The normalized spacial score (nSPS) is 15.2. The molecule has 3 nitrogen and oxygen atoms in total. The average Bonchev–Trinajstić information content (AvgIpc) is 2.91. The number of nitrogens with two attached hydrogens (primary N) is 1. The Morgan fingerprint density at radius 2 is 2.21 bits per heavy atom. The van der Waals surface area contributed by atoms with Crippen molar-refractivity contribution in [1.29, 1.82) is 0 Å². The minimum atomic E-state index is -0.667. The van der Waals surface area contributed by atoms with E-state index in [2.05, 4.69) is 0 Å². The fraction of sp³-hybridized carbons (Fsp3) is 0.300. The van der Waals surface area contributed by atoms with E-state index in [9.17, 15) is 9.18 Å². The van der Waals surface area contributed by atoms with Crippen molar-refractivity contribution in [3.05, 3.63) is 29.6 Å². The fourth-order valence-electron chi connectivity index (χ4n) is 1.16. The Balaban J connectivity index is 2.31. The predicted molar refractivity (Wildman–Crippen MR) is 48.6 cm³/mol. The van der Waals surface area contributed by atoms with E-state index in [-0.39, 0.29) is 11.7 Å². The molecule has 1 aromatic carbocycles. The van der Waals surface area contributed by atoms with Gasteiger partial charge in [-0.1, -0.05) is 0 Å². The van der Waals surface area contributed by atoms with Crippen LogP contribution in [0.4, 0.5) is 4.39 Å². The van der Waals surface area contributed by atoms with Gasteiger partial charge in [0.25, 0.3) is 5.91 Å². The van der Waals surface area contributed by atoms with E-state index in [1.165, 1.54) is 12.1 Å². The van der Waals surface area contributed by atoms with Crippen LogP contribution in [0.15, 0.2) is 18.2 Å². The molecule has 4 heteroatoms. The van der Waals surface area contributed by atoms with Crippen LogP contribution in [-0.2, 0) is 0 Å². The van der Waals surface area contributed by atoms with Crippen molar-refractivity contribution in [2.24, 2.45) is 5.73 Å². The van der Waals surface area contributed by atoms with Crippen molar-refractivity contribution in [2.45, 2.75) is 18.9 Å². The Morgan fingerprint density at radius 1 is 1.50 bits per heavy atom. The van der Waals surface area contributed by atoms with Gasteiger partial charge in [-0.25, -0.2) is 4.39 Å². The number of carbonyl (C=O) groups is 1. The predicted octanol–water partition coefficient (Wildman–Crippen LogP) is 1.47. The number of rotatable bonds is 3. The van der Waals surface area contributed by atoms with E-state index in [1.807, 2.05) is 0 Å². The number of hydrogen-bond acceptors (Lipinski definition) is 2. The zero-order valence-electron chi connectivity index (χ0n) is 7.50. The molecule has 14 heavy (non-hydrogen) atoms. The topological polar surface area (TPSA) is 52.3 Å². The Morgan fingerprint density at radius 3 is 2.79 bits per heavy atom. The summed E-state index contributed by atoms with van der Waals surface area (Å²) in [5.74, 6) is -0.775. The summed E-state index contributed by atoms with van der Waals surface area (Å²) in [4.78, 5) is 11.0. The molecule has 0 unspecified atom stereocenters. The number of ether oxygens (including phenoxy) is 1. The van der Waals surface area contributed by atoms with Gasteiger partial charge >= 0.3 is 0 Å². The van der Waals surface area contributed by atoms with Crippen molar-refractivity contribution in [3.63, 3.8) is 0 Å². The summed E-state index contributed by atoms with van der Waals surface area (Å²) >= 11 is 0. The molecule has 2 N–H and O–H groups in total. The lowest BCUT2D eigenvalue weighted by atomic mass is 10.2. The largest absolute Gasteiger partial charge is 0.490 e. The van der Waals surface area contributed by atoms with Gasteiger partial charge in [0.1, 0.15) is 11.6 Å². The third kappa shape index (κ3) is 1.84. The first-order chi connectivity index (χ1) is 6.66. The Kier molecular flexibility index (Phi) is 2.11. The van der Waals surface area contributed by atoms with Gasteiger partial charge in [-0.3, -0.25) is 4.79 Å². The molecule has 74 valence electrons. The molecule has 0 bridgehead atoms. The van der Waals surface area contributed by atoms with Crippen LogP contribution in [0.1, 0.15) is 23.2 Å². The van der Waals surface area contributed by atoms with Crippen LogP contribution in [0, 0.1) is 5.82 Å². The number of primary amides is 1. The van der Waals surface area contributed by atoms with Gasteiger partial charge in [0.15, 0.2) is 0 Å². The van der Waals surface area contributed by atoms with Crippen LogP contribution in [-0.4, -0.2) is 12.0 Å². The highest BCUT2D eigenvalue weighted by atomic mass is 19.1. The molecule has 0 atom stereocenters. The van der Waals surface area contributed by atoms with E-state index in [1.54, 1.807) is 0 Å². The summed E-state index contributed by atoms with van der Waals surface area (Å²) in [6.07, 6.45) is 2.13. The molecule has 1 amide bonds. The molecule has 0 aromatic heterocycles. The molecular weight excluding hydrogens is 185 g/mol. The third-order valence-corrected chi connectivity index (χ3v) is 2.03. The van der Waals surface area contributed by atoms with Gasteiger partial charge in [-0.2, -0.15) is 0 Å². The van der Waals surface area contributed by atoms with E-state index >= 15 is 0 Å². The summed E-state index contributed by atoms with van der Waals surface area (Å²) in [6.45, 7) is 0. The SMILES string of the molecule is NC(=O)c1cc(F)ccc1OC1CC1. The van der Waals surface area contributed by atoms with E-state index in [0.717, 1.165) is 18.9 Å². The van der Waals surface area contributed by atoms with E-state index < -0.39 is 11.7 Å².